The van der Waals surface area contributed by atoms with Crippen LogP contribution >= 0.6 is 0 Å². The summed E-state index contributed by atoms with van der Waals surface area (Å²) in [5, 5.41) is 0. The van der Waals surface area contributed by atoms with Crippen LogP contribution in [-0.4, -0.2) is 41.5 Å². The van der Waals surface area contributed by atoms with Gasteiger partial charge in [0.25, 0.3) is 5.91 Å². The zero-order valence-corrected chi connectivity index (χ0v) is 15.9. The van der Waals surface area contributed by atoms with E-state index in [1.807, 2.05) is 43.4 Å². The van der Waals surface area contributed by atoms with Crippen molar-refractivity contribution >= 4 is 11.6 Å². The number of anilines is 1. The molecule has 0 saturated heterocycles. The first-order valence-electron chi connectivity index (χ1n) is 9.88. The highest BCUT2D eigenvalue weighted by atomic mass is 16.5. The van der Waals surface area contributed by atoms with Crippen LogP contribution in [0.15, 0.2) is 48.8 Å². The van der Waals surface area contributed by atoms with Crippen LogP contribution in [0.4, 0.5) is 5.69 Å². The lowest BCUT2D eigenvalue weighted by Gasteiger charge is -2.39. The summed E-state index contributed by atoms with van der Waals surface area (Å²) in [4.78, 5) is 21.8. The number of para-hydroxylation sites is 2. The Hall–Kier alpha value is -2.56. The van der Waals surface area contributed by atoms with Crippen LogP contribution in [0.3, 0.4) is 0 Å². The predicted molar refractivity (Wildman–Crippen MR) is 106 cm³/mol. The van der Waals surface area contributed by atoms with Crippen molar-refractivity contribution < 1.29 is 9.53 Å². The molecule has 4 rings (SSSR count). The van der Waals surface area contributed by atoms with E-state index in [0.717, 1.165) is 29.8 Å². The minimum Gasteiger partial charge on any atom is -0.477 e. The van der Waals surface area contributed by atoms with Crippen LogP contribution in [0.25, 0.3) is 0 Å². The first kappa shape index (κ1) is 17.8. The summed E-state index contributed by atoms with van der Waals surface area (Å²) in [6.07, 6.45) is 8.93. The van der Waals surface area contributed by atoms with E-state index in [1.54, 1.807) is 12.4 Å². The first-order chi connectivity index (χ1) is 13.2. The van der Waals surface area contributed by atoms with E-state index < -0.39 is 6.10 Å². The topological polar surface area (TPSA) is 45.7 Å². The smallest absolute Gasteiger partial charge is 0.266 e. The monoisotopic (exact) mass is 365 g/mol. The molecule has 2 aromatic rings. The molecule has 0 spiro atoms. The summed E-state index contributed by atoms with van der Waals surface area (Å²) < 4.78 is 6.13. The van der Waals surface area contributed by atoms with Gasteiger partial charge in [0.05, 0.1) is 12.2 Å². The molecule has 1 saturated carbocycles. The third kappa shape index (κ3) is 3.92. The number of pyridine rings is 1. The second-order valence-electron chi connectivity index (χ2n) is 7.57. The number of nitrogens with zero attached hydrogens (tertiary/aromatic N) is 3. The van der Waals surface area contributed by atoms with Gasteiger partial charge in [0.1, 0.15) is 5.75 Å². The lowest BCUT2D eigenvalue weighted by atomic mass is 9.93. The molecule has 142 valence electrons. The van der Waals surface area contributed by atoms with Crippen molar-refractivity contribution in [2.75, 3.05) is 18.5 Å². The maximum absolute atomic E-state index is 13.5. The molecule has 1 fully saturated rings. The van der Waals surface area contributed by atoms with E-state index in [0.29, 0.717) is 19.1 Å². The predicted octanol–water partition coefficient (Wildman–Crippen LogP) is 3.64. The van der Waals surface area contributed by atoms with Gasteiger partial charge in [-0.05, 0) is 42.7 Å². The van der Waals surface area contributed by atoms with Gasteiger partial charge in [0, 0.05) is 32.0 Å². The van der Waals surface area contributed by atoms with E-state index in [-0.39, 0.29) is 5.91 Å². The number of carbonyl (C=O) groups excluding carboxylic acids is 1. The van der Waals surface area contributed by atoms with Gasteiger partial charge in [-0.25, -0.2) is 0 Å². The minimum absolute atomic E-state index is 0.0973. The Kier molecular flexibility index (Phi) is 5.28. The normalized spacial score (nSPS) is 19.9. The highest BCUT2D eigenvalue weighted by Gasteiger charge is 2.35. The third-order valence-corrected chi connectivity index (χ3v) is 5.66. The molecule has 1 aromatic heterocycles. The lowest BCUT2D eigenvalue weighted by Crippen LogP contribution is -2.52. The number of ether oxygens (including phenoxy) is 1. The molecule has 2 aliphatic rings. The van der Waals surface area contributed by atoms with Gasteiger partial charge in [-0.15, -0.1) is 0 Å². The molecular weight excluding hydrogens is 338 g/mol. The van der Waals surface area contributed by atoms with Crippen LogP contribution in [-0.2, 0) is 11.3 Å². The second kappa shape index (κ2) is 7.99. The van der Waals surface area contributed by atoms with E-state index >= 15 is 0 Å². The van der Waals surface area contributed by atoms with Crippen LogP contribution < -0.4 is 9.64 Å². The van der Waals surface area contributed by atoms with Crippen LogP contribution in [0.1, 0.15) is 37.7 Å². The Balaban J connectivity index is 1.56. The van der Waals surface area contributed by atoms with Crippen molar-refractivity contribution in [1.29, 1.82) is 0 Å². The molecule has 5 heteroatoms. The Morgan fingerprint density at radius 2 is 1.89 bits per heavy atom. The summed E-state index contributed by atoms with van der Waals surface area (Å²) in [7, 11) is 2.02. The molecular formula is C22H27N3O2. The van der Waals surface area contributed by atoms with Gasteiger partial charge in [0.2, 0.25) is 0 Å². The molecule has 1 amide bonds. The third-order valence-electron chi connectivity index (χ3n) is 5.66. The van der Waals surface area contributed by atoms with Crippen molar-refractivity contribution in [3.63, 3.8) is 0 Å². The van der Waals surface area contributed by atoms with Gasteiger partial charge in [-0.3, -0.25) is 9.78 Å². The quantitative estimate of drug-likeness (QED) is 0.830. The van der Waals surface area contributed by atoms with Crippen LogP contribution in [0.2, 0.25) is 0 Å². The fourth-order valence-electron chi connectivity index (χ4n) is 4.19. The highest BCUT2D eigenvalue weighted by molar-refractivity contribution is 5.83. The summed E-state index contributed by atoms with van der Waals surface area (Å²) in [6.45, 7) is 1.20. The summed E-state index contributed by atoms with van der Waals surface area (Å²) in [5.41, 5.74) is 2.16. The average molecular weight is 365 g/mol. The van der Waals surface area contributed by atoms with Crippen LogP contribution in [0, 0.1) is 0 Å². The van der Waals surface area contributed by atoms with Crippen molar-refractivity contribution in [3.8, 4) is 5.75 Å². The number of amides is 1. The van der Waals surface area contributed by atoms with Gasteiger partial charge in [-0.1, -0.05) is 31.4 Å². The largest absolute Gasteiger partial charge is 0.477 e. The summed E-state index contributed by atoms with van der Waals surface area (Å²) >= 11 is 0. The Bertz CT molecular complexity index is 774. The average Bonchev–Trinajstić information content (AvgIpc) is 2.73. The zero-order valence-electron chi connectivity index (χ0n) is 15.9. The number of aromatic nitrogens is 1. The first-order valence-corrected chi connectivity index (χ1v) is 9.88. The maximum atomic E-state index is 13.5. The zero-order chi connectivity index (χ0) is 18.6. The maximum Gasteiger partial charge on any atom is 0.266 e. The van der Waals surface area contributed by atoms with Gasteiger partial charge >= 0.3 is 0 Å². The van der Waals surface area contributed by atoms with Crippen LogP contribution in [0.5, 0.6) is 5.75 Å². The molecule has 1 atom stereocenters. The summed E-state index contributed by atoms with van der Waals surface area (Å²) in [5.74, 6) is 0.886. The van der Waals surface area contributed by atoms with Crippen molar-refractivity contribution in [1.82, 2.24) is 9.88 Å². The second-order valence-corrected chi connectivity index (χ2v) is 7.57. The number of rotatable bonds is 4. The Labute approximate surface area is 161 Å². The molecule has 5 nitrogen and oxygen atoms in total. The number of benzene rings is 1. The van der Waals surface area contributed by atoms with Gasteiger partial charge in [0.15, 0.2) is 6.10 Å². The van der Waals surface area contributed by atoms with E-state index in [9.17, 15) is 4.79 Å². The fraction of sp³-hybridized carbons (Fsp3) is 0.455. The molecule has 1 aromatic carbocycles. The Morgan fingerprint density at radius 1 is 1.15 bits per heavy atom. The molecule has 1 aliphatic carbocycles. The molecule has 1 unspecified atom stereocenters. The standard InChI is InChI=1S/C22H27N3O2/c1-24-16-21(27-20-10-6-5-9-19(20)24)22(26)25(18-7-3-2-4-8-18)15-17-11-13-23-14-12-17/h5-6,9-14,18,21H,2-4,7-8,15-16H2,1H3. The Morgan fingerprint density at radius 3 is 2.67 bits per heavy atom. The lowest BCUT2D eigenvalue weighted by molar-refractivity contribution is -0.142. The number of hydrogen-bond donors (Lipinski definition) is 0. The molecule has 2 heterocycles. The van der Waals surface area contributed by atoms with E-state index in [2.05, 4.69) is 14.8 Å². The van der Waals surface area contributed by atoms with E-state index in [4.69, 9.17) is 4.74 Å². The van der Waals surface area contributed by atoms with Gasteiger partial charge in [-0.2, -0.15) is 0 Å². The number of carbonyl (C=O) groups is 1. The molecule has 0 radical (unpaired) electrons. The molecule has 0 bridgehead atoms. The number of hydrogen-bond acceptors (Lipinski definition) is 4. The number of fused-ring (bicyclic) bond motifs is 1. The fourth-order valence-corrected chi connectivity index (χ4v) is 4.19. The van der Waals surface area contributed by atoms with Crippen molar-refractivity contribution in [2.24, 2.45) is 0 Å². The molecule has 1 aliphatic heterocycles. The summed E-state index contributed by atoms with van der Waals surface area (Å²) in [6, 6.07) is 12.2. The van der Waals surface area contributed by atoms with Gasteiger partial charge < -0.3 is 14.5 Å². The van der Waals surface area contributed by atoms with E-state index in [1.165, 1.54) is 19.3 Å². The molecule has 0 N–H and O–H groups in total. The number of likely N-dealkylation sites (N-methyl/N-ethyl adjacent to an activating group) is 1. The van der Waals surface area contributed by atoms with Crippen molar-refractivity contribution in [2.45, 2.75) is 50.8 Å². The minimum atomic E-state index is -0.464. The highest BCUT2D eigenvalue weighted by Crippen LogP contribution is 2.33. The van der Waals surface area contributed by atoms with Crippen molar-refractivity contribution in [3.05, 3.63) is 54.4 Å². The SMILES string of the molecule is CN1CC(C(=O)N(Cc2ccncc2)C2CCCCC2)Oc2ccccc21. The molecule has 27 heavy (non-hydrogen) atoms.